The van der Waals surface area contributed by atoms with Gasteiger partial charge < -0.3 is 10.2 Å². The van der Waals surface area contributed by atoms with E-state index in [9.17, 15) is 19.4 Å². The van der Waals surface area contributed by atoms with Crippen LogP contribution < -0.4 is 0 Å². The lowest BCUT2D eigenvalue weighted by atomic mass is 10.0. The van der Waals surface area contributed by atoms with Gasteiger partial charge in [0.05, 0.1) is 6.10 Å². The number of carbonyl (C=O) groups excluding carboxylic acids is 1. The number of hydrogen-bond donors (Lipinski definition) is 2. The number of thioether (sulfide) groups is 1. The SMILES string of the molecule is CC(=O)SCC(O)C(O)c1cc(F)c(C)cc1Cl. The van der Waals surface area contributed by atoms with Crippen LogP contribution in [0, 0.1) is 12.7 Å². The average molecular weight is 293 g/mol. The highest BCUT2D eigenvalue weighted by atomic mass is 35.5. The third-order valence-corrected chi connectivity index (χ3v) is 3.66. The van der Waals surface area contributed by atoms with Crippen molar-refractivity contribution in [3.63, 3.8) is 0 Å². The topological polar surface area (TPSA) is 57.5 Å². The van der Waals surface area contributed by atoms with Crippen LogP contribution >= 0.6 is 23.4 Å². The molecule has 0 radical (unpaired) electrons. The van der Waals surface area contributed by atoms with Gasteiger partial charge in [-0.15, -0.1) is 0 Å². The summed E-state index contributed by atoms with van der Waals surface area (Å²) < 4.78 is 13.4. The third-order valence-electron chi connectivity index (χ3n) is 2.42. The fourth-order valence-corrected chi connectivity index (χ4v) is 2.31. The van der Waals surface area contributed by atoms with Crippen molar-refractivity contribution in [1.82, 2.24) is 0 Å². The van der Waals surface area contributed by atoms with Crippen LogP contribution in [-0.4, -0.2) is 27.2 Å². The summed E-state index contributed by atoms with van der Waals surface area (Å²) in [7, 11) is 0. The van der Waals surface area contributed by atoms with Gasteiger partial charge in [-0.3, -0.25) is 4.79 Å². The molecule has 1 aromatic rings. The summed E-state index contributed by atoms with van der Waals surface area (Å²) in [4.78, 5) is 10.8. The fourth-order valence-electron chi connectivity index (χ4n) is 1.39. The van der Waals surface area contributed by atoms with Gasteiger partial charge in [-0.2, -0.15) is 0 Å². The zero-order chi connectivity index (χ0) is 13.9. The molecule has 1 aromatic carbocycles. The number of aliphatic hydroxyl groups excluding tert-OH is 2. The molecule has 18 heavy (non-hydrogen) atoms. The van der Waals surface area contributed by atoms with Crippen LogP contribution in [0.5, 0.6) is 0 Å². The number of aliphatic hydroxyl groups is 2. The van der Waals surface area contributed by atoms with E-state index in [4.69, 9.17) is 11.6 Å². The maximum atomic E-state index is 13.4. The number of carbonyl (C=O) groups is 1. The summed E-state index contributed by atoms with van der Waals surface area (Å²) >= 11 is 6.78. The predicted octanol–water partition coefficient (Wildman–Crippen LogP) is 2.46. The summed E-state index contributed by atoms with van der Waals surface area (Å²) in [5, 5.41) is 19.6. The van der Waals surface area contributed by atoms with Gasteiger partial charge in [-0.1, -0.05) is 23.4 Å². The molecule has 0 aliphatic heterocycles. The molecule has 0 amide bonds. The highest BCUT2D eigenvalue weighted by Gasteiger charge is 2.22. The smallest absolute Gasteiger partial charge is 0.185 e. The molecule has 0 aliphatic rings. The molecule has 0 saturated carbocycles. The number of halogens is 2. The second-order valence-corrected chi connectivity index (χ2v) is 5.54. The Labute approximate surface area is 114 Å². The fraction of sp³-hybridized carbons (Fsp3) is 0.417. The molecule has 100 valence electrons. The van der Waals surface area contributed by atoms with Crippen molar-refractivity contribution in [3.05, 3.63) is 34.1 Å². The summed E-state index contributed by atoms with van der Waals surface area (Å²) in [6.07, 6.45) is -2.50. The van der Waals surface area contributed by atoms with Gasteiger partial charge in [0.2, 0.25) is 0 Å². The Morgan fingerprint density at radius 2 is 2.11 bits per heavy atom. The first-order chi connectivity index (χ1) is 8.32. The highest BCUT2D eigenvalue weighted by molar-refractivity contribution is 8.13. The van der Waals surface area contributed by atoms with E-state index in [1.165, 1.54) is 13.0 Å². The van der Waals surface area contributed by atoms with Crippen LogP contribution in [0.1, 0.15) is 24.2 Å². The second kappa shape index (κ2) is 6.52. The zero-order valence-corrected chi connectivity index (χ0v) is 11.6. The molecule has 0 saturated heterocycles. The first-order valence-electron chi connectivity index (χ1n) is 5.28. The first kappa shape index (κ1) is 15.4. The highest BCUT2D eigenvalue weighted by Crippen LogP contribution is 2.29. The summed E-state index contributed by atoms with van der Waals surface area (Å²) in [6, 6.07) is 2.49. The van der Waals surface area contributed by atoms with E-state index in [0.717, 1.165) is 17.8 Å². The molecule has 0 fully saturated rings. The minimum atomic E-state index is -1.32. The summed E-state index contributed by atoms with van der Waals surface area (Å²) in [5.41, 5.74) is 0.486. The standard InChI is InChI=1S/C12H14ClFO3S/c1-6-3-9(13)8(4-10(6)14)12(17)11(16)5-18-7(2)15/h3-4,11-12,16-17H,5H2,1-2H3. The third kappa shape index (κ3) is 3.95. The molecule has 0 heterocycles. The first-order valence-corrected chi connectivity index (χ1v) is 6.64. The quantitative estimate of drug-likeness (QED) is 0.895. The normalized spacial score (nSPS) is 14.3. The Hall–Kier alpha value is -0.620. The lowest BCUT2D eigenvalue weighted by Gasteiger charge is -2.19. The summed E-state index contributed by atoms with van der Waals surface area (Å²) in [6.45, 7) is 2.92. The predicted molar refractivity (Wildman–Crippen MR) is 70.3 cm³/mol. The van der Waals surface area contributed by atoms with Crippen molar-refractivity contribution < 1.29 is 19.4 Å². The molecule has 3 nitrogen and oxygen atoms in total. The molecule has 6 heteroatoms. The monoisotopic (exact) mass is 292 g/mol. The molecule has 0 spiro atoms. The molecule has 2 atom stereocenters. The van der Waals surface area contributed by atoms with Crippen molar-refractivity contribution in [3.8, 4) is 0 Å². The van der Waals surface area contributed by atoms with Crippen molar-refractivity contribution in [2.45, 2.75) is 26.1 Å². The maximum absolute atomic E-state index is 13.4. The average Bonchev–Trinajstić information content (AvgIpc) is 2.29. The van der Waals surface area contributed by atoms with Crippen LogP contribution in [0.3, 0.4) is 0 Å². The lowest BCUT2D eigenvalue weighted by Crippen LogP contribution is -2.22. The van der Waals surface area contributed by atoms with E-state index in [2.05, 4.69) is 0 Å². The van der Waals surface area contributed by atoms with E-state index >= 15 is 0 Å². The van der Waals surface area contributed by atoms with Gasteiger partial charge in [0, 0.05) is 23.3 Å². The molecular weight excluding hydrogens is 279 g/mol. The second-order valence-electron chi connectivity index (χ2n) is 3.94. The molecule has 2 N–H and O–H groups in total. The van der Waals surface area contributed by atoms with Crippen molar-refractivity contribution in [2.24, 2.45) is 0 Å². The van der Waals surface area contributed by atoms with Gasteiger partial charge in [0.15, 0.2) is 5.12 Å². The van der Waals surface area contributed by atoms with Crippen LogP contribution in [0.25, 0.3) is 0 Å². The minimum absolute atomic E-state index is 0.0301. The summed E-state index contributed by atoms with van der Waals surface area (Å²) in [5.74, 6) is -0.470. The maximum Gasteiger partial charge on any atom is 0.185 e. The van der Waals surface area contributed by atoms with Crippen LogP contribution in [0.4, 0.5) is 4.39 Å². The number of rotatable bonds is 4. The molecule has 0 aromatic heterocycles. The van der Waals surface area contributed by atoms with E-state index in [-0.39, 0.29) is 21.5 Å². The van der Waals surface area contributed by atoms with Gasteiger partial charge in [-0.25, -0.2) is 4.39 Å². The molecule has 0 aliphatic carbocycles. The van der Waals surface area contributed by atoms with Crippen molar-refractivity contribution in [2.75, 3.05) is 5.75 Å². The minimum Gasteiger partial charge on any atom is -0.389 e. The van der Waals surface area contributed by atoms with Crippen molar-refractivity contribution >= 4 is 28.5 Å². The zero-order valence-electron chi connectivity index (χ0n) is 9.98. The van der Waals surface area contributed by atoms with E-state index in [0.29, 0.717) is 5.56 Å². The Bertz CT molecular complexity index is 453. The van der Waals surface area contributed by atoms with Crippen LogP contribution in [0.2, 0.25) is 5.02 Å². The molecule has 0 bridgehead atoms. The van der Waals surface area contributed by atoms with E-state index in [1.807, 2.05) is 0 Å². The van der Waals surface area contributed by atoms with E-state index in [1.54, 1.807) is 6.92 Å². The van der Waals surface area contributed by atoms with E-state index < -0.39 is 18.0 Å². The van der Waals surface area contributed by atoms with Crippen LogP contribution in [0.15, 0.2) is 12.1 Å². The Morgan fingerprint density at radius 1 is 1.50 bits per heavy atom. The Kier molecular flexibility index (Phi) is 5.59. The molecule has 2 unspecified atom stereocenters. The number of benzene rings is 1. The Morgan fingerprint density at radius 3 is 2.67 bits per heavy atom. The Balaban J connectivity index is 2.86. The number of aryl methyl sites for hydroxylation is 1. The van der Waals surface area contributed by atoms with Gasteiger partial charge >= 0.3 is 0 Å². The number of hydrogen-bond acceptors (Lipinski definition) is 4. The van der Waals surface area contributed by atoms with Crippen LogP contribution in [-0.2, 0) is 4.79 Å². The van der Waals surface area contributed by atoms with Gasteiger partial charge in [0.1, 0.15) is 11.9 Å². The molecular formula is C12H14ClFO3S. The lowest BCUT2D eigenvalue weighted by molar-refractivity contribution is -0.109. The largest absolute Gasteiger partial charge is 0.389 e. The van der Waals surface area contributed by atoms with Gasteiger partial charge in [0.25, 0.3) is 0 Å². The molecule has 1 rings (SSSR count). The van der Waals surface area contributed by atoms with Gasteiger partial charge in [-0.05, 0) is 24.6 Å². The van der Waals surface area contributed by atoms with Crippen molar-refractivity contribution in [1.29, 1.82) is 0 Å².